The lowest BCUT2D eigenvalue weighted by Crippen LogP contribution is -2.44. The van der Waals surface area contributed by atoms with Crippen molar-refractivity contribution in [3.05, 3.63) is 35.4 Å². The summed E-state index contributed by atoms with van der Waals surface area (Å²) < 4.78 is 0. The quantitative estimate of drug-likeness (QED) is 0.762. The molecule has 3 unspecified atom stereocenters. The summed E-state index contributed by atoms with van der Waals surface area (Å²) in [5, 5.41) is 20.5. The minimum Gasteiger partial charge on any atom is -0.390 e. The van der Waals surface area contributed by atoms with Crippen molar-refractivity contribution < 1.29 is 10.2 Å². The molecule has 0 spiro atoms. The van der Waals surface area contributed by atoms with E-state index in [2.05, 4.69) is 31.2 Å². The maximum atomic E-state index is 10.4. The number of hydrogen-bond acceptors (Lipinski definition) is 2. The fourth-order valence-electron chi connectivity index (χ4n) is 5.51. The molecule has 0 saturated heterocycles. The van der Waals surface area contributed by atoms with Gasteiger partial charge >= 0.3 is 0 Å². The third-order valence-electron chi connectivity index (χ3n) is 6.61. The second-order valence-corrected chi connectivity index (χ2v) is 7.41. The van der Waals surface area contributed by atoms with Gasteiger partial charge in [0.1, 0.15) is 0 Å². The van der Waals surface area contributed by atoms with Crippen molar-refractivity contribution in [2.75, 3.05) is 0 Å². The van der Waals surface area contributed by atoms with E-state index in [9.17, 15) is 10.2 Å². The normalized spacial score (nSPS) is 46.5. The Bertz CT molecular complexity index is 526. The molecule has 0 amide bonds. The average Bonchev–Trinajstić information content (AvgIpc) is 2.71. The molecule has 0 aliphatic heterocycles. The van der Waals surface area contributed by atoms with Crippen LogP contribution < -0.4 is 0 Å². The zero-order chi connectivity index (χ0) is 13.9. The molecule has 0 heterocycles. The Morgan fingerprint density at radius 3 is 2.80 bits per heavy atom. The third-order valence-corrected chi connectivity index (χ3v) is 6.61. The van der Waals surface area contributed by atoms with Gasteiger partial charge in [0.05, 0.1) is 12.2 Å². The Morgan fingerprint density at radius 2 is 1.95 bits per heavy atom. The summed E-state index contributed by atoms with van der Waals surface area (Å²) in [5.74, 6) is 1.78. The van der Waals surface area contributed by atoms with Gasteiger partial charge in [-0.05, 0) is 66.4 Å². The van der Waals surface area contributed by atoms with Crippen LogP contribution in [0.3, 0.4) is 0 Å². The van der Waals surface area contributed by atoms with Crippen LogP contribution in [0.2, 0.25) is 0 Å². The first-order chi connectivity index (χ1) is 9.61. The predicted octanol–water partition coefficient (Wildman–Crippen LogP) is 2.87. The van der Waals surface area contributed by atoms with Gasteiger partial charge in [-0.1, -0.05) is 31.2 Å². The summed E-state index contributed by atoms with van der Waals surface area (Å²) in [6, 6.07) is 8.89. The number of aliphatic hydroxyl groups excluding tert-OH is 2. The highest BCUT2D eigenvalue weighted by Gasteiger charge is 2.57. The lowest BCUT2D eigenvalue weighted by Gasteiger charge is -2.49. The van der Waals surface area contributed by atoms with Crippen molar-refractivity contribution >= 4 is 0 Å². The molecule has 0 radical (unpaired) electrons. The van der Waals surface area contributed by atoms with Gasteiger partial charge in [0.15, 0.2) is 0 Å². The maximum Gasteiger partial charge on any atom is 0.0855 e. The number of fused-ring (bicyclic) bond motifs is 5. The van der Waals surface area contributed by atoms with E-state index in [4.69, 9.17) is 0 Å². The van der Waals surface area contributed by atoms with Crippen molar-refractivity contribution in [1.29, 1.82) is 0 Å². The van der Waals surface area contributed by atoms with Crippen LogP contribution in [0.15, 0.2) is 24.3 Å². The van der Waals surface area contributed by atoms with Gasteiger partial charge < -0.3 is 10.2 Å². The van der Waals surface area contributed by atoms with Crippen LogP contribution in [0.5, 0.6) is 0 Å². The largest absolute Gasteiger partial charge is 0.390 e. The molecule has 2 fully saturated rings. The smallest absolute Gasteiger partial charge is 0.0855 e. The number of benzene rings is 1. The molecule has 3 aliphatic rings. The van der Waals surface area contributed by atoms with Gasteiger partial charge in [0.25, 0.3) is 0 Å². The first-order valence-corrected chi connectivity index (χ1v) is 8.05. The van der Waals surface area contributed by atoms with Crippen molar-refractivity contribution in [2.24, 2.45) is 17.3 Å². The highest BCUT2D eigenvalue weighted by molar-refractivity contribution is 5.35. The topological polar surface area (TPSA) is 40.5 Å². The van der Waals surface area contributed by atoms with Crippen LogP contribution in [0.4, 0.5) is 0 Å². The van der Waals surface area contributed by atoms with E-state index < -0.39 is 12.2 Å². The summed E-state index contributed by atoms with van der Waals surface area (Å²) in [6.07, 6.45) is 4.36. The second-order valence-electron chi connectivity index (χ2n) is 7.41. The van der Waals surface area contributed by atoms with E-state index in [0.29, 0.717) is 17.8 Å². The molecular weight excluding hydrogens is 248 g/mol. The zero-order valence-electron chi connectivity index (χ0n) is 12.1. The first kappa shape index (κ1) is 12.8. The Hall–Kier alpha value is -0.860. The second kappa shape index (κ2) is 4.32. The SMILES string of the molecule is CC12CC[C@@H]3c4ccccc4CCC3[C@@H]1C[C@@H](O)C2O. The molecule has 20 heavy (non-hydrogen) atoms. The van der Waals surface area contributed by atoms with Crippen LogP contribution in [-0.4, -0.2) is 22.4 Å². The first-order valence-electron chi connectivity index (χ1n) is 8.05. The van der Waals surface area contributed by atoms with E-state index in [0.717, 1.165) is 19.3 Å². The lowest BCUT2D eigenvalue weighted by molar-refractivity contribution is -0.0505. The van der Waals surface area contributed by atoms with Crippen LogP contribution in [0.25, 0.3) is 0 Å². The molecule has 6 atom stereocenters. The molecule has 2 N–H and O–H groups in total. The van der Waals surface area contributed by atoms with Crippen LogP contribution in [0, 0.1) is 17.3 Å². The highest BCUT2D eigenvalue weighted by atomic mass is 16.3. The average molecular weight is 272 g/mol. The fraction of sp³-hybridized carbons (Fsp3) is 0.667. The van der Waals surface area contributed by atoms with Gasteiger partial charge in [0.2, 0.25) is 0 Å². The Labute approximate surface area is 120 Å². The van der Waals surface area contributed by atoms with E-state index in [-0.39, 0.29) is 5.41 Å². The number of rotatable bonds is 0. The molecule has 1 aromatic carbocycles. The third kappa shape index (κ3) is 1.58. The monoisotopic (exact) mass is 272 g/mol. The highest BCUT2D eigenvalue weighted by Crippen LogP contribution is 2.60. The van der Waals surface area contributed by atoms with Gasteiger partial charge in [-0.15, -0.1) is 0 Å². The summed E-state index contributed by atoms with van der Waals surface area (Å²) in [7, 11) is 0. The summed E-state index contributed by atoms with van der Waals surface area (Å²) >= 11 is 0. The van der Waals surface area contributed by atoms with Crippen LogP contribution >= 0.6 is 0 Å². The molecule has 0 bridgehead atoms. The number of aliphatic hydroxyl groups is 2. The molecule has 0 aromatic heterocycles. The lowest BCUT2D eigenvalue weighted by atomic mass is 9.55. The van der Waals surface area contributed by atoms with Crippen LogP contribution in [0.1, 0.15) is 49.7 Å². The minimum absolute atomic E-state index is 0.0626. The standard InChI is InChI=1S/C18H24O2/c1-18-9-8-13-12-5-3-2-4-11(12)6-7-14(13)15(18)10-16(19)17(18)20/h2-5,13-17,19-20H,6-10H2,1H3/t13-,14?,15+,16-,17?,18?/m1/s1. The molecule has 3 aliphatic carbocycles. The Morgan fingerprint density at radius 1 is 1.15 bits per heavy atom. The molecule has 2 saturated carbocycles. The molecular formula is C18H24O2. The number of aryl methyl sites for hydroxylation is 1. The zero-order valence-corrected chi connectivity index (χ0v) is 12.1. The van der Waals surface area contributed by atoms with Gasteiger partial charge in [-0.3, -0.25) is 0 Å². The minimum atomic E-state index is -0.523. The van der Waals surface area contributed by atoms with Crippen molar-refractivity contribution in [1.82, 2.24) is 0 Å². The molecule has 1 aromatic rings. The van der Waals surface area contributed by atoms with Gasteiger partial charge in [0, 0.05) is 0 Å². The maximum absolute atomic E-state index is 10.4. The molecule has 2 nitrogen and oxygen atoms in total. The van der Waals surface area contributed by atoms with Crippen LogP contribution in [-0.2, 0) is 6.42 Å². The summed E-state index contributed by atoms with van der Waals surface area (Å²) in [5.41, 5.74) is 3.01. The Kier molecular flexibility index (Phi) is 2.77. The van der Waals surface area contributed by atoms with E-state index in [1.807, 2.05) is 0 Å². The summed E-state index contributed by atoms with van der Waals surface area (Å²) in [6.45, 7) is 2.20. The van der Waals surface area contributed by atoms with E-state index in [1.165, 1.54) is 18.4 Å². The van der Waals surface area contributed by atoms with E-state index >= 15 is 0 Å². The molecule has 4 rings (SSSR count). The van der Waals surface area contributed by atoms with Crippen molar-refractivity contribution in [2.45, 2.75) is 57.2 Å². The number of hydrogen-bond donors (Lipinski definition) is 2. The predicted molar refractivity (Wildman–Crippen MR) is 78.5 cm³/mol. The summed E-state index contributed by atoms with van der Waals surface area (Å²) in [4.78, 5) is 0. The van der Waals surface area contributed by atoms with Gasteiger partial charge in [-0.25, -0.2) is 0 Å². The molecule has 2 heteroatoms. The molecule has 108 valence electrons. The van der Waals surface area contributed by atoms with Crippen molar-refractivity contribution in [3.63, 3.8) is 0 Å². The van der Waals surface area contributed by atoms with E-state index in [1.54, 1.807) is 5.56 Å². The fourth-order valence-corrected chi connectivity index (χ4v) is 5.51. The van der Waals surface area contributed by atoms with Crippen molar-refractivity contribution in [3.8, 4) is 0 Å². The van der Waals surface area contributed by atoms with Gasteiger partial charge in [-0.2, -0.15) is 0 Å². The Balaban J connectivity index is 1.72.